The molecule has 228 valence electrons. The molecule has 1 saturated heterocycles. The summed E-state index contributed by atoms with van der Waals surface area (Å²) in [7, 11) is 1.96. The highest BCUT2D eigenvalue weighted by atomic mass is 19.4. The minimum absolute atomic E-state index is 0.00949. The lowest BCUT2D eigenvalue weighted by molar-refractivity contribution is -0.138. The fourth-order valence-corrected chi connectivity index (χ4v) is 4.81. The van der Waals surface area contributed by atoms with Crippen molar-refractivity contribution >= 4 is 28.2 Å². The lowest BCUT2D eigenvalue weighted by Crippen LogP contribution is -2.44. The van der Waals surface area contributed by atoms with E-state index in [1.54, 1.807) is 0 Å². The van der Waals surface area contributed by atoms with E-state index >= 15 is 0 Å². The zero-order valence-electron chi connectivity index (χ0n) is 23.4. The van der Waals surface area contributed by atoms with Gasteiger partial charge in [0.25, 0.3) is 5.91 Å². The number of alkyl halides is 6. The summed E-state index contributed by atoms with van der Waals surface area (Å²) in [6, 6.07) is 8.19. The Bertz CT molecular complexity index is 1770. The van der Waals surface area contributed by atoms with Crippen LogP contribution in [0, 0.1) is 11.8 Å². The first-order valence-corrected chi connectivity index (χ1v) is 13.4. The maximum atomic E-state index is 14.0. The summed E-state index contributed by atoms with van der Waals surface area (Å²) in [5.41, 5.74) is 4.59. The van der Waals surface area contributed by atoms with Gasteiger partial charge in [-0.3, -0.25) is 14.7 Å². The highest BCUT2D eigenvalue weighted by Gasteiger charge is 2.34. The van der Waals surface area contributed by atoms with E-state index in [9.17, 15) is 31.1 Å². The number of aromatic nitrogens is 2. The summed E-state index contributed by atoms with van der Waals surface area (Å²) >= 11 is 0. The fourth-order valence-electron chi connectivity index (χ4n) is 4.81. The van der Waals surface area contributed by atoms with Gasteiger partial charge in [-0.2, -0.15) is 26.3 Å². The maximum Gasteiger partial charge on any atom is 0.416 e. The molecule has 3 N–H and O–H groups in total. The number of amides is 1. The van der Waals surface area contributed by atoms with Crippen molar-refractivity contribution in [3.05, 3.63) is 94.4 Å². The Kier molecular flexibility index (Phi) is 8.49. The molecule has 1 aliphatic rings. The number of nitrogens with zero attached hydrogens (tertiary/aromatic N) is 4. The van der Waals surface area contributed by atoms with E-state index in [4.69, 9.17) is 5.73 Å². The number of anilines is 2. The SMILES string of the molecule is CN1CCN(Cc2ccc(NC(=O)c3cncc(C#Cc4c(N)ncc5ccc(C(F)(F)F)cc45)c3)cc2C(F)(F)F)CC1. The minimum atomic E-state index is -4.63. The molecular weight excluding hydrogens is 586 g/mol. The molecule has 3 heterocycles. The molecule has 2 aromatic carbocycles. The van der Waals surface area contributed by atoms with Gasteiger partial charge in [0, 0.05) is 73.3 Å². The van der Waals surface area contributed by atoms with Crippen molar-refractivity contribution in [2.45, 2.75) is 18.9 Å². The molecule has 0 aliphatic carbocycles. The Labute approximate surface area is 248 Å². The van der Waals surface area contributed by atoms with Crippen LogP contribution in [0.5, 0.6) is 0 Å². The zero-order valence-corrected chi connectivity index (χ0v) is 23.4. The number of carbonyl (C=O) groups is 1. The molecule has 0 bridgehead atoms. The summed E-state index contributed by atoms with van der Waals surface area (Å²) in [6.07, 6.45) is -5.32. The molecule has 0 atom stereocenters. The molecule has 1 aliphatic heterocycles. The first kappa shape index (κ1) is 30.8. The number of benzene rings is 2. The number of carbonyl (C=O) groups excluding carboxylic acids is 1. The van der Waals surface area contributed by atoms with Crippen molar-refractivity contribution in [1.82, 2.24) is 19.8 Å². The number of rotatable bonds is 4. The molecule has 2 aromatic heterocycles. The first-order chi connectivity index (χ1) is 20.8. The number of fused-ring (bicyclic) bond motifs is 1. The number of likely N-dealkylation sites (N-methyl/N-ethyl adjacent to an activating group) is 1. The van der Waals surface area contributed by atoms with E-state index in [2.05, 4.69) is 32.0 Å². The van der Waals surface area contributed by atoms with Gasteiger partial charge in [-0.15, -0.1) is 0 Å². The van der Waals surface area contributed by atoms with E-state index in [-0.39, 0.29) is 45.7 Å². The number of nitrogens with one attached hydrogen (secondary N) is 1. The van der Waals surface area contributed by atoms with Gasteiger partial charge < -0.3 is 16.0 Å². The van der Waals surface area contributed by atoms with Gasteiger partial charge in [-0.05, 0) is 42.9 Å². The quantitative estimate of drug-likeness (QED) is 0.229. The van der Waals surface area contributed by atoms with Crippen LogP contribution >= 0.6 is 0 Å². The molecule has 0 radical (unpaired) electrons. The van der Waals surface area contributed by atoms with E-state index in [1.807, 2.05) is 11.9 Å². The van der Waals surface area contributed by atoms with Crippen molar-refractivity contribution in [3.8, 4) is 11.8 Å². The van der Waals surface area contributed by atoms with E-state index in [0.29, 0.717) is 18.5 Å². The standard InChI is InChI=1S/C31H26F6N6O/c1-42-8-10-43(11-9-42)18-21-4-6-24(14-27(21)31(35,36)37)41-29(44)22-12-19(15-39-16-22)2-7-25-26-13-23(30(32,33)34)5-3-20(26)17-40-28(25)38/h3-6,12-17H,8-11,18H2,1H3,(H2,38,40)(H,41,44). The average Bonchev–Trinajstić information content (AvgIpc) is 2.97. The average molecular weight is 613 g/mol. The fraction of sp³-hybridized carbons (Fsp3) is 0.258. The first-order valence-electron chi connectivity index (χ1n) is 13.4. The van der Waals surface area contributed by atoms with Crippen LogP contribution in [0.3, 0.4) is 0 Å². The van der Waals surface area contributed by atoms with Crippen LogP contribution in [0.4, 0.5) is 37.8 Å². The Balaban J connectivity index is 1.37. The van der Waals surface area contributed by atoms with Gasteiger partial charge in [0.1, 0.15) is 5.82 Å². The van der Waals surface area contributed by atoms with E-state index < -0.39 is 29.4 Å². The topological polar surface area (TPSA) is 87.4 Å². The third-order valence-corrected chi connectivity index (χ3v) is 7.24. The summed E-state index contributed by atoms with van der Waals surface area (Å²) in [5.74, 6) is 4.66. The van der Waals surface area contributed by atoms with Crippen molar-refractivity contribution in [2.75, 3.05) is 44.3 Å². The highest BCUT2D eigenvalue weighted by molar-refractivity contribution is 6.04. The van der Waals surface area contributed by atoms with Crippen molar-refractivity contribution in [2.24, 2.45) is 0 Å². The number of hydrogen-bond acceptors (Lipinski definition) is 6. The normalized spacial score (nSPS) is 14.7. The molecule has 1 fully saturated rings. The largest absolute Gasteiger partial charge is 0.416 e. The van der Waals surface area contributed by atoms with Crippen LogP contribution in [-0.4, -0.2) is 58.9 Å². The van der Waals surface area contributed by atoms with Gasteiger partial charge in [-0.1, -0.05) is 24.0 Å². The lowest BCUT2D eigenvalue weighted by Gasteiger charge is -2.33. The van der Waals surface area contributed by atoms with E-state index in [0.717, 1.165) is 31.3 Å². The summed E-state index contributed by atoms with van der Waals surface area (Å²) in [4.78, 5) is 25.0. The predicted octanol–water partition coefficient (Wildman–Crippen LogP) is 5.65. The van der Waals surface area contributed by atoms with Crippen molar-refractivity contribution < 1.29 is 31.1 Å². The summed E-state index contributed by atoms with van der Waals surface area (Å²) in [6.45, 7) is 2.96. The van der Waals surface area contributed by atoms with Crippen LogP contribution < -0.4 is 11.1 Å². The van der Waals surface area contributed by atoms with Crippen LogP contribution in [0.25, 0.3) is 10.8 Å². The van der Waals surface area contributed by atoms with Gasteiger partial charge in [0.05, 0.1) is 22.3 Å². The summed E-state index contributed by atoms with van der Waals surface area (Å²) < 4.78 is 81.7. The predicted molar refractivity (Wildman–Crippen MR) is 154 cm³/mol. The second kappa shape index (κ2) is 12.1. The van der Waals surface area contributed by atoms with Crippen LogP contribution in [0.2, 0.25) is 0 Å². The Morgan fingerprint density at radius 2 is 1.68 bits per heavy atom. The molecule has 0 unspecified atom stereocenters. The molecule has 5 rings (SSSR count). The second-order valence-electron chi connectivity index (χ2n) is 10.4. The Morgan fingerprint density at radius 1 is 0.932 bits per heavy atom. The van der Waals surface area contributed by atoms with Gasteiger partial charge in [0.15, 0.2) is 0 Å². The minimum Gasteiger partial charge on any atom is -0.383 e. The molecule has 7 nitrogen and oxygen atoms in total. The molecule has 4 aromatic rings. The third-order valence-electron chi connectivity index (χ3n) is 7.24. The second-order valence-corrected chi connectivity index (χ2v) is 10.4. The molecule has 44 heavy (non-hydrogen) atoms. The monoisotopic (exact) mass is 612 g/mol. The number of nitrogen functional groups attached to an aromatic ring is 1. The number of pyridine rings is 2. The van der Waals surface area contributed by atoms with Crippen LogP contribution in [0.15, 0.2) is 61.1 Å². The smallest absolute Gasteiger partial charge is 0.383 e. The van der Waals surface area contributed by atoms with Gasteiger partial charge >= 0.3 is 12.4 Å². The lowest BCUT2D eigenvalue weighted by atomic mass is 10.0. The summed E-state index contributed by atoms with van der Waals surface area (Å²) in [5, 5.41) is 3.03. The van der Waals surface area contributed by atoms with Crippen molar-refractivity contribution in [1.29, 1.82) is 0 Å². The van der Waals surface area contributed by atoms with E-state index in [1.165, 1.54) is 42.9 Å². The third kappa shape index (κ3) is 7.10. The number of hydrogen-bond donors (Lipinski definition) is 2. The van der Waals surface area contributed by atoms with Crippen LogP contribution in [-0.2, 0) is 18.9 Å². The van der Waals surface area contributed by atoms with Gasteiger partial charge in [0.2, 0.25) is 0 Å². The molecule has 0 saturated carbocycles. The number of piperazine rings is 1. The zero-order chi connectivity index (χ0) is 31.6. The Hall–Kier alpha value is -4.67. The van der Waals surface area contributed by atoms with Crippen LogP contribution in [0.1, 0.15) is 38.2 Å². The molecule has 13 heteroatoms. The number of nitrogens with two attached hydrogens (primary N) is 1. The Morgan fingerprint density at radius 3 is 2.39 bits per heavy atom. The van der Waals surface area contributed by atoms with Crippen molar-refractivity contribution in [3.63, 3.8) is 0 Å². The molecule has 0 spiro atoms. The van der Waals surface area contributed by atoms with Gasteiger partial charge in [-0.25, -0.2) is 4.98 Å². The molecular formula is C31H26F6N6O. The molecule has 1 amide bonds. The maximum absolute atomic E-state index is 14.0. The number of halogens is 6. The highest BCUT2D eigenvalue weighted by Crippen LogP contribution is 2.35.